The molecule has 2 saturated carbocycles. The van der Waals surface area contributed by atoms with E-state index in [1.807, 2.05) is 6.92 Å². The SMILES string of the molecule is CCNc1nc(NCC(C2CC2)C2CC2)c(F)cc1F. The lowest BCUT2D eigenvalue weighted by molar-refractivity contribution is 0.426. The predicted molar refractivity (Wildman–Crippen MR) is 75.7 cm³/mol. The van der Waals surface area contributed by atoms with Crippen molar-refractivity contribution in [1.29, 1.82) is 0 Å². The Morgan fingerprint density at radius 3 is 2.15 bits per heavy atom. The van der Waals surface area contributed by atoms with Gasteiger partial charge in [0.2, 0.25) is 0 Å². The van der Waals surface area contributed by atoms with Crippen LogP contribution in [0, 0.1) is 29.4 Å². The third kappa shape index (κ3) is 3.02. The van der Waals surface area contributed by atoms with Crippen LogP contribution in [-0.4, -0.2) is 18.1 Å². The van der Waals surface area contributed by atoms with Gasteiger partial charge in [-0.05, 0) is 50.4 Å². The van der Waals surface area contributed by atoms with Gasteiger partial charge < -0.3 is 10.6 Å². The maximum atomic E-state index is 13.8. The van der Waals surface area contributed by atoms with Gasteiger partial charge in [0.15, 0.2) is 23.3 Å². The van der Waals surface area contributed by atoms with E-state index < -0.39 is 11.6 Å². The number of anilines is 2. The van der Waals surface area contributed by atoms with Gasteiger partial charge in [0.1, 0.15) is 0 Å². The number of aromatic nitrogens is 1. The second kappa shape index (κ2) is 5.54. The number of rotatable bonds is 7. The summed E-state index contributed by atoms with van der Waals surface area (Å²) >= 11 is 0. The molecule has 5 heteroatoms. The summed E-state index contributed by atoms with van der Waals surface area (Å²) in [6.45, 7) is 3.16. The lowest BCUT2D eigenvalue weighted by Gasteiger charge is -2.17. The van der Waals surface area contributed by atoms with E-state index in [-0.39, 0.29) is 11.6 Å². The Hall–Kier alpha value is -1.39. The van der Waals surface area contributed by atoms with E-state index >= 15 is 0 Å². The van der Waals surface area contributed by atoms with Gasteiger partial charge in [-0.3, -0.25) is 0 Å². The zero-order valence-electron chi connectivity index (χ0n) is 11.8. The van der Waals surface area contributed by atoms with Gasteiger partial charge in [0.05, 0.1) is 0 Å². The molecule has 1 aromatic rings. The molecule has 0 spiro atoms. The molecule has 110 valence electrons. The fraction of sp³-hybridized carbons (Fsp3) is 0.667. The predicted octanol–water partition coefficient (Wildman–Crippen LogP) is 3.64. The lowest BCUT2D eigenvalue weighted by atomic mass is 9.98. The Kier molecular flexibility index (Phi) is 3.76. The van der Waals surface area contributed by atoms with Crippen molar-refractivity contribution in [2.45, 2.75) is 32.6 Å². The third-order valence-corrected chi connectivity index (χ3v) is 4.23. The van der Waals surface area contributed by atoms with Crippen LogP contribution in [0.25, 0.3) is 0 Å². The highest BCUT2D eigenvalue weighted by atomic mass is 19.1. The second-order valence-electron chi connectivity index (χ2n) is 5.90. The Balaban J connectivity index is 1.67. The van der Waals surface area contributed by atoms with Crippen LogP contribution in [0.4, 0.5) is 20.4 Å². The summed E-state index contributed by atoms with van der Waals surface area (Å²) in [5.74, 6) is 1.24. The van der Waals surface area contributed by atoms with E-state index in [4.69, 9.17) is 0 Å². The van der Waals surface area contributed by atoms with E-state index in [2.05, 4.69) is 15.6 Å². The summed E-state index contributed by atoms with van der Waals surface area (Å²) in [6, 6.07) is 0.899. The first-order valence-electron chi connectivity index (χ1n) is 7.52. The molecule has 20 heavy (non-hydrogen) atoms. The molecule has 3 rings (SSSR count). The van der Waals surface area contributed by atoms with Crippen LogP contribution < -0.4 is 10.6 Å². The van der Waals surface area contributed by atoms with Crippen molar-refractivity contribution < 1.29 is 8.78 Å². The highest BCUT2D eigenvalue weighted by Gasteiger charge is 2.41. The molecule has 1 aromatic heterocycles. The molecule has 3 nitrogen and oxygen atoms in total. The van der Waals surface area contributed by atoms with Crippen molar-refractivity contribution in [1.82, 2.24) is 4.98 Å². The normalized spacial score (nSPS) is 18.4. The standard InChI is InChI=1S/C15H21F2N3/c1-2-18-14-12(16)7-13(17)15(20-14)19-8-11(9-3-4-9)10-5-6-10/h7,9-11H,2-6,8H2,1H3,(H2,18,19,20). The summed E-state index contributed by atoms with van der Waals surface area (Å²) in [5.41, 5.74) is 0. The van der Waals surface area contributed by atoms with Crippen molar-refractivity contribution in [3.8, 4) is 0 Å². The van der Waals surface area contributed by atoms with Crippen LogP contribution in [0.5, 0.6) is 0 Å². The minimum Gasteiger partial charge on any atom is -0.368 e. The van der Waals surface area contributed by atoms with E-state index in [1.54, 1.807) is 0 Å². The number of hydrogen-bond donors (Lipinski definition) is 2. The molecule has 1 heterocycles. The van der Waals surface area contributed by atoms with Gasteiger partial charge in [-0.2, -0.15) is 0 Å². The number of pyridine rings is 1. The summed E-state index contributed by atoms with van der Waals surface area (Å²) < 4.78 is 27.3. The Labute approximate surface area is 118 Å². The summed E-state index contributed by atoms with van der Waals surface area (Å²) in [5, 5.41) is 5.90. The smallest absolute Gasteiger partial charge is 0.168 e. The van der Waals surface area contributed by atoms with Gasteiger partial charge in [-0.15, -0.1) is 0 Å². The van der Waals surface area contributed by atoms with E-state index in [1.165, 1.54) is 25.7 Å². The molecule has 2 fully saturated rings. The molecule has 0 saturated heterocycles. The van der Waals surface area contributed by atoms with Crippen LogP contribution in [0.3, 0.4) is 0 Å². The highest BCUT2D eigenvalue weighted by molar-refractivity contribution is 5.47. The first kappa shape index (κ1) is 13.6. The Morgan fingerprint density at radius 2 is 1.65 bits per heavy atom. The van der Waals surface area contributed by atoms with Crippen molar-refractivity contribution in [2.75, 3.05) is 23.7 Å². The maximum absolute atomic E-state index is 13.8. The first-order chi connectivity index (χ1) is 9.69. The van der Waals surface area contributed by atoms with Crippen LogP contribution in [0.15, 0.2) is 6.07 Å². The molecule has 0 bridgehead atoms. The molecule has 0 aromatic carbocycles. The Bertz CT molecular complexity index is 472. The third-order valence-electron chi connectivity index (χ3n) is 4.23. The molecule has 0 aliphatic heterocycles. The largest absolute Gasteiger partial charge is 0.368 e. The van der Waals surface area contributed by atoms with E-state index in [9.17, 15) is 8.78 Å². The summed E-state index contributed by atoms with van der Waals surface area (Å²) in [4.78, 5) is 4.02. The fourth-order valence-corrected chi connectivity index (χ4v) is 2.86. The minimum absolute atomic E-state index is 0.116. The average Bonchev–Trinajstić information content (AvgIpc) is 3.26. The number of nitrogens with one attached hydrogen (secondary N) is 2. The molecule has 2 aliphatic rings. The van der Waals surface area contributed by atoms with Gasteiger partial charge >= 0.3 is 0 Å². The first-order valence-corrected chi connectivity index (χ1v) is 7.52. The summed E-state index contributed by atoms with van der Waals surface area (Å²) in [7, 11) is 0. The van der Waals surface area contributed by atoms with Gasteiger partial charge in [0.25, 0.3) is 0 Å². The minimum atomic E-state index is -0.643. The molecule has 0 atom stereocenters. The molecule has 2 aliphatic carbocycles. The fourth-order valence-electron chi connectivity index (χ4n) is 2.86. The van der Waals surface area contributed by atoms with Crippen LogP contribution in [0.2, 0.25) is 0 Å². The second-order valence-corrected chi connectivity index (χ2v) is 5.90. The van der Waals surface area contributed by atoms with Crippen LogP contribution in [-0.2, 0) is 0 Å². The highest BCUT2D eigenvalue weighted by Crippen LogP contribution is 2.49. The maximum Gasteiger partial charge on any atom is 0.168 e. The molecule has 0 amide bonds. The number of hydrogen-bond acceptors (Lipinski definition) is 3. The monoisotopic (exact) mass is 281 g/mol. The quantitative estimate of drug-likeness (QED) is 0.801. The van der Waals surface area contributed by atoms with Gasteiger partial charge in [-0.1, -0.05) is 0 Å². The van der Waals surface area contributed by atoms with Crippen molar-refractivity contribution in [2.24, 2.45) is 17.8 Å². The molecule has 0 radical (unpaired) electrons. The molecule has 2 N–H and O–H groups in total. The van der Waals surface area contributed by atoms with Crippen LogP contribution in [0.1, 0.15) is 32.6 Å². The van der Waals surface area contributed by atoms with E-state index in [0.717, 1.165) is 24.4 Å². The van der Waals surface area contributed by atoms with Crippen molar-refractivity contribution >= 4 is 11.6 Å². The zero-order chi connectivity index (χ0) is 14.1. The molecular weight excluding hydrogens is 260 g/mol. The zero-order valence-corrected chi connectivity index (χ0v) is 11.8. The number of halogens is 2. The molecule has 0 unspecified atom stereocenters. The number of nitrogens with zero attached hydrogens (tertiary/aromatic N) is 1. The topological polar surface area (TPSA) is 37.0 Å². The van der Waals surface area contributed by atoms with Gasteiger partial charge in [-0.25, -0.2) is 13.8 Å². The Morgan fingerprint density at radius 1 is 1.10 bits per heavy atom. The van der Waals surface area contributed by atoms with Crippen molar-refractivity contribution in [3.05, 3.63) is 17.7 Å². The summed E-state index contributed by atoms with van der Waals surface area (Å²) in [6.07, 6.45) is 5.19. The van der Waals surface area contributed by atoms with Gasteiger partial charge in [0, 0.05) is 19.2 Å². The average molecular weight is 281 g/mol. The van der Waals surface area contributed by atoms with Crippen LogP contribution >= 0.6 is 0 Å². The molecular formula is C15H21F2N3. The van der Waals surface area contributed by atoms with E-state index in [0.29, 0.717) is 12.5 Å². The van der Waals surface area contributed by atoms with Crippen molar-refractivity contribution in [3.63, 3.8) is 0 Å². The lowest BCUT2D eigenvalue weighted by Crippen LogP contribution is -2.20.